The second-order valence-electron chi connectivity index (χ2n) is 5.16. The lowest BCUT2D eigenvalue weighted by molar-refractivity contribution is 0.0954. The molecule has 3 aromatic rings. The third kappa shape index (κ3) is 3.34. The van der Waals surface area contributed by atoms with Crippen LogP contribution in [0.3, 0.4) is 0 Å². The highest BCUT2D eigenvalue weighted by molar-refractivity contribution is 7.20. The summed E-state index contributed by atoms with van der Waals surface area (Å²) in [5.74, 6) is 0.390. The molecule has 24 heavy (non-hydrogen) atoms. The average Bonchev–Trinajstić information content (AvgIpc) is 2.92. The number of hydrogen-bond donors (Lipinski definition) is 1. The van der Waals surface area contributed by atoms with Gasteiger partial charge in [-0.3, -0.25) is 4.79 Å². The molecule has 1 N–H and O–H groups in total. The number of fused-ring (bicyclic) bond motifs is 1. The van der Waals surface area contributed by atoms with E-state index >= 15 is 0 Å². The largest absolute Gasteiger partial charge is 0.477 e. The molecule has 0 atom stereocenters. The molecular formula is C17H16ClN3O2S. The molecule has 0 fully saturated rings. The molecule has 0 unspecified atom stereocenters. The molecule has 1 aromatic carbocycles. The maximum absolute atomic E-state index is 12.5. The minimum absolute atomic E-state index is 0.132. The summed E-state index contributed by atoms with van der Waals surface area (Å²) in [6.45, 7) is 4.74. The Balaban J connectivity index is 1.83. The number of ether oxygens (including phenoxy) is 1. The van der Waals surface area contributed by atoms with Crippen LogP contribution in [0.4, 0.5) is 0 Å². The van der Waals surface area contributed by atoms with Crippen LogP contribution < -0.4 is 10.1 Å². The first kappa shape index (κ1) is 16.7. The first-order chi connectivity index (χ1) is 11.6. The Bertz CT molecular complexity index is 877. The topological polar surface area (TPSA) is 64.1 Å². The molecule has 1 amide bonds. The number of nitrogens with one attached hydrogen (secondary N) is 1. The molecule has 0 radical (unpaired) electrons. The Morgan fingerprint density at radius 1 is 1.29 bits per heavy atom. The van der Waals surface area contributed by atoms with E-state index in [1.165, 1.54) is 17.7 Å². The summed E-state index contributed by atoms with van der Waals surface area (Å²) in [4.78, 5) is 22.3. The van der Waals surface area contributed by atoms with Crippen LogP contribution >= 0.6 is 22.9 Å². The summed E-state index contributed by atoms with van der Waals surface area (Å²) in [5, 5.41) is 4.41. The average molecular weight is 362 g/mol. The summed E-state index contributed by atoms with van der Waals surface area (Å²) in [5.41, 5.74) is 1.83. The van der Waals surface area contributed by atoms with Crippen molar-refractivity contribution in [2.75, 3.05) is 6.61 Å². The molecule has 0 aliphatic carbocycles. The van der Waals surface area contributed by atoms with E-state index in [4.69, 9.17) is 16.3 Å². The van der Waals surface area contributed by atoms with E-state index in [9.17, 15) is 4.79 Å². The first-order valence-electron chi connectivity index (χ1n) is 7.49. The number of amides is 1. The number of rotatable bonds is 5. The van der Waals surface area contributed by atoms with Crippen LogP contribution in [0.5, 0.6) is 5.88 Å². The van der Waals surface area contributed by atoms with E-state index < -0.39 is 0 Å². The van der Waals surface area contributed by atoms with Crippen molar-refractivity contribution in [2.24, 2.45) is 0 Å². The zero-order chi connectivity index (χ0) is 17.1. The molecule has 3 rings (SSSR count). The molecule has 5 nitrogen and oxygen atoms in total. The van der Waals surface area contributed by atoms with Crippen LogP contribution in [0.25, 0.3) is 10.2 Å². The molecule has 0 spiro atoms. The van der Waals surface area contributed by atoms with Gasteiger partial charge in [-0.2, -0.15) is 0 Å². The van der Waals surface area contributed by atoms with Crippen molar-refractivity contribution < 1.29 is 9.53 Å². The number of benzene rings is 1. The standard InChI is InChI=1S/C17H16ClN3O2S/c1-3-23-16-13-10(2)14(24-17(13)21-9-20-16)15(22)19-8-11-4-6-12(18)7-5-11/h4-7,9H,3,8H2,1-2H3,(H,19,22). The van der Waals surface area contributed by atoms with Gasteiger partial charge >= 0.3 is 0 Å². The molecule has 0 aliphatic rings. The van der Waals surface area contributed by atoms with E-state index in [0.29, 0.717) is 28.9 Å². The van der Waals surface area contributed by atoms with Crippen LogP contribution in [0.15, 0.2) is 30.6 Å². The quantitative estimate of drug-likeness (QED) is 0.746. The SMILES string of the molecule is CCOc1ncnc2sc(C(=O)NCc3ccc(Cl)cc3)c(C)c12. The second-order valence-corrected chi connectivity index (χ2v) is 6.59. The Hall–Kier alpha value is -2.18. The van der Waals surface area contributed by atoms with Crippen molar-refractivity contribution >= 4 is 39.1 Å². The molecule has 0 saturated heterocycles. The third-order valence-corrected chi connectivity index (χ3v) is 5.00. The van der Waals surface area contributed by atoms with Gasteiger partial charge in [-0.1, -0.05) is 23.7 Å². The molecular weight excluding hydrogens is 346 g/mol. The number of halogens is 1. The zero-order valence-electron chi connectivity index (χ0n) is 13.3. The van der Waals surface area contributed by atoms with E-state index in [0.717, 1.165) is 21.3 Å². The highest BCUT2D eigenvalue weighted by atomic mass is 35.5. The van der Waals surface area contributed by atoms with Crippen molar-refractivity contribution in [1.82, 2.24) is 15.3 Å². The number of nitrogens with zero attached hydrogens (tertiary/aromatic N) is 2. The summed E-state index contributed by atoms with van der Waals surface area (Å²) < 4.78 is 5.54. The molecule has 0 bridgehead atoms. The maximum atomic E-state index is 12.5. The molecule has 0 saturated carbocycles. The lowest BCUT2D eigenvalue weighted by Crippen LogP contribution is -2.22. The van der Waals surface area contributed by atoms with Gasteiger partial charge in [0.25, 0.3) is 5.91 Å². The fraction of sp³-hybridized carbons (Fsp3) is 0.235. The summed E-state index contributed by atoms with van der Waals surface area (Å²) >= 11 is 7.21. The Morgan fingerprint density at radius 3 is 2.75 bits per heavy atom. The van der Waals surface area contributed by atoms with Crippen LogP contribution in [0.2, 0.25) is 5.02 Å². The van der Waals surface area contributed by atoms with Gasteiger partial charge in [-0.05, 0) is 37.1 Å². The first-order valence-corrected chi connectivity index (χ1v) is 8.69. The third-order valence-electron chi connectivity index (χ3n) is 3.55. The summed E-state index contributed by atoms with van der Waals surface area (Å²) in [6.07, 6.45) is 1.46. The number of thiophene rings is 1. The molecule has 0 aliphatic heterocycles. The van der Waals surface area contributed by atoms with Crippen molar-refractivity contribution in [1.29, 1.82) is 0 Å². The van der Waals surface area contributed by atoms with Gasteiger partial charge in [0.2, 0.25) is 5.88 Å². The number of carbonyl (C=O) groups excluding carboxylic acids is 1. The van der Waals surface area contributed by atoms with Gasteiger partial charge in [0, 0.05) is 11.6 Å². The highest BCUT2D eigenvalue weighted by Crippen LogP contribution is 2.34. The summed E-state index contributed by atoms with van der Waals surface area (Å²) in [7, 11) is 0. The van der Waals surface area contributed by atoms with Crippen LogP contribution in [-0.4, -0.2) is 22.5 Å². The fourth-order valence-corrected chi connectivity index (χ4v) is 3.55. The Kier molecular flexibility index (Phi) is 4.97. The minimum Gasteiger partial charge on any atom is -0.477 e. The molecule has 2 aromatic heterocycles. The van der Waals surface area contributed by atoms with Crippen molar-refractivity contribution in [3.05, 3.63) is 51.6 Å². The monoisotopic (exact) mass is 361 g/mol. The lowest BCUT2D eigenvalue weighted by Gasteiger charge is -2.05. The van der Waals surface area contributed by atoms with E-state index in [1.807, 2.05) is 26.0 Å². The number of carbonyl (C=O) groups is 1. The Labute approximate surface area is 148 Å². The predicted octanol–water partition coefficient (Wildman–Crippen LogP) is 3.98. The second kappa shape index (κ2) is 7.15. The van der Waals surface area contributed by atoms with Gasteiger partial charge in [-0.15, -0.1) is 11.3 Å². The number of aryl methyl sites for hydroxylation is 1. The summed E-state index contributed by atoms with van der Waals surface area (Å²) in [6, 6.07) is 7.38. The predicted molar refractivity (Wildman–Crippen MR) is 95.9 cm³/mol. The molecule has 2 heterocycles. The van der Waals surface area contributed by atoms with Crippen LogP contribution in [0, 0.1) is 6.92 Å². The number of hydrogen-bond acceptors (Lipinski definition) is 5. The van der Waals surface area contributed by atoms with E-state index in [2.05, 4.69) is 15.3 Å². The van der Waals surface area contributed by atoms with Crippen LogP contribution in [0.1, 0.15) is 27.7 Å². The van der Waals surface area contributed by atoms with Gasteiger partial charge in [0.15, 0.2) is 0 Å². The lowest BCUT2D eigenvalue weighted by atomic mass is 10.2. The Morgan fingerprint density at radius 2 is 2.04 bits per heavy atom. The zero-order valence-corrected chi connectivity index (χ0v) is 14.9. The smallest absolute Gasteiger partial charge is 0.261 e. The van der Waals surface area contributed by atoms with Gasteiger partial charge in [0.1, 0.15) is 11.2 Å². The minimum atomic E-state index is -0.132. The van der Waals surface area contributed by atoms with E-state index in [-0.39, 0.29) is 5.91 Å². The molecule has 124 valence electrons. The van der Waals surface area contributed by atoms with Gasteiger partial charge in [0.05, 0.1) is 16.9 Å². The highest BCUT2D eigenvalue weighted by Gasteiger charge is 2.19. The van der Waals surface area contributed by atoms with Gasteiger partial charge in [-0.25, -0.2) is 9.97 Å². The maximum Gasteiger partial charge on any atom is 0.261 e. The van der Waals surface area contributed by atoms with Crippen molar-refractivity contribution in [3.8, 4) is 5.88 Å². The van der Waals surface area contributed by atoms with Crippen molar-refractivity contribution in [3.63, 3.8) is 0 Å². The van der Waals surface area contributed by atoms with Crippen molar-refractivity contribution in [2.45, 2.75) is 20.4 Å². The van der Waals surface area contributed by atoms with Crippen LogP contribution in [-0.2, 0) is 6.54 Å². The fourth-order valence-electron chi connectivity index (χ4n) is 2.37. The normalized spacial score (nSPS) is 10.8. The van der Waals surface area contributed by atoms with E-state index in [1.54, 1.807) is 12.1 Å². The number of aromatic nitrogens is 2. The van der Waals surface area contributed by atoms with Gasteiger partial charge < -0.3 is 10.1 Å². The molecule has 7 heteroatoms.